The highest BCUT2D eigenvalue weighted by atomic mass is 16.2. The van der Waals surface area contributed by atoms with Crippen molar-refractivity contribution >= 4 is 11.8 Å². The summed E-state index contributed by atoms with van der Waals surface area (Å²) in [5, 5.41) is 5.82. The molecule has 0 fully saturated rings. The largest absolute Gasteiger partial charge is 0.350 e. The fraction of sp³-hybridized carbons (Fsp3) is 0.368. The van der Waals surface area contributed by atoms with Crippen LogP contribution in [0.4, 0.5) is 0 Å². The highest BCUT2D eigenvalue weighted by molar-refractivity contribution is 5.95. The number of hydrogen-bond acceptors (Lipinski definition) is 4. The topological polar surface area (TPSA) is 84.0 Å². The lowest BCUT2D eigenvalue weighted by Gasteiger charge is -2.23. The Hall–Kier alpha value is -2.76. The third-order valence-corrected chi connectivity index (χ3v) is 3.95. The van der Waals surface area contributed by atoms with E-state index < -0.39 is 0 Å². The smallest absolute Gasteiger partial charge is 0.253 e. The molecule has 0 radical (unpaired) electrons. The predicted molar refractivity (Wildman–Crippen MR) is 96.4 cm³/mol. The minimum Gasteiger partial charge on any atom is -0.350 e. The van der Waals surface area contributed by atoms with Crippen molar-refractivity contribution in [2.24, 2.45) is 5.92 Å². The van der Waals surface area contributed by atoms with Crippen LogP contribution in [0.1, 0.15) is 46.0 Å². The van der Waals surface area contributed by atoms with Crippen molar-refractivity contribution in [3.8, 4) is 0 Å². The Bertz CT molecular complexity index is 724. The van der Waals surface area contributed by atoms with Crippen LogP contribution < -0.4 is 10.6 Å². The minimum absolute atomic E-state index is 0.166. The minimum atomic E-state index is -0.204. The van der Waals surface area contributed by atoms with Crippen LogP contribution in [0, 0.1) is 19.8 Å². The molecule has 2 rings (SSSR count). The van der Waals surface area contributed by atoms with Crippen LogP contribution in [-0.2, 0) is 0 Å². The molecule has 0 spiro atoms. The monoisotopic (exact) mass is 340 g/mol. The maximum Gasteiger partial charge on any atom is 0.253 e. The van der Waals surface area contributed by atoms with Gasteiger partial charge in [-0.05, 0) is 44.0 Å². The Morgan fingerprint density at radius 2 is 1.44 bits per heavy atom. The maximum absolute atomic E-state index is 12.3. The Morgan fingerprint density at radius 1 is 0.920 bits per heavy atom. The third-order valence-electron chi connectivity index (χ3n) is 3.95. The summed E-state index contributed by atoms with van der Waals surface area (Å²) >= 11 is 0. The summed E-state index contributed by atoms with van der Waals surface area (Å²) in [7, 11) is 0. The molecule has 0 aliphatic carbocycles. The number of carbonyl (C=O) groups is 2. The number of aromatic nitrogens is 2. The van der Waals surface area contributed by atoms with Crippen LogP contribution in [0.25, 0.3) is 0 Å². The summed E-state index contributed by atoms with van der Waals surface area (Å²) < 4.78 is 0. The first-order chi connectivity index (χ1) is 11.9. The van der Waals surface area contributed by atoms with E-state index in [0.29, 0.717) is 17.7 Å². The average Bonchev–Trinajstić information content (AvgIpc) is 2.59. The quantitative estimate of drug-likeness (QED) is 0.845. The van der Waals surface area contributed by atoms with E-state index in [1.165, 1.54) is 0 Å². The van der Waals surface area contributed by atoms with Crippen molar-refractivity contribution in [3.63, 3.8) is 0 Å². The van der Waals surface area contributed by atoms with Crippen LogP contribution in [0.2, 0.25) is 0 Å². The second-order valence-electron chi connectivity index (χ2n) is 6.41. The summed E-state index contributed by atoms with van der Waals surface area (Å²) in [5.74, 6) is -0.236. The van der Waals surface area contributed by atoms with E-state index in [4.69, 9.17) is 0 Å². The number of nitrogens with one attached hydrogen (secondary N) is 2. The van der Waals surface area contributed by atoms with Gasteiger partial charge in [0.15, 0.2) is 0 Å². The summed E-state index contributed by atoms with van der Waals surface area (Å²) in [6.45, 7) is 8.07. The zero-order valence-corrected chi connectivity index (χ0v) is 15.0. The molecule has 0 aromatic carbocycles. The normalized spacial score (nSPS) is 11.9. The van der Waals surface area contributed by atoms with Gasteiger partial charge in [0.1, 0.15) is 0 Å². The zero-order valence-electron chi connectivity index (χ0n) is 15.0. The van der Waals surface area contributed by atoms with Crippen molar-refractivity contribution < 1.29 is 9.59 Å². The Labute approximate surface area is 148 Å². The molecule has 2 amide bonds. The summed E-state index contributed by atoms with van der Waals surface area (Å²) in [4.78, 5) is 32.8. The molecule has 0 saturated carbocycles. The SMILES string of the molecule is Cc1ccc(C(=O)NC[C@H](NC(=O)c2ccc(C)nc2)C(C)C)cn1. The van der Waals surface area contributed by atoms with Crippen molar-refractivity contribution in [2.75, 3.05) is 6.54 Å². The van der Waals surface area contributed by atoms with E-state index in [9.17, 15) is 9.59 Å². The number of rotatable bonds is 6. The van der Waals surface area contributed by atoms with Gasteiger partial charge in [-0.15, -0.1) is 0 Å². The Kier molecular flexibility index (Phi) is 6.22. The van der Waals surface area contributed by atoms with Crippen molar-refractivity contribution in [3.05, 3.63) is 59.2 Å². The lowest BCUT2D eigenvalue weighted by Crippen LogP contribution is -2.46. The van der Waals surface area contributed by atoms with Crippen molar-refractivity contribution in [2.45, 2.75) is 33.7 Å². The fourth-order valence-electron chi connectivity index (χ4n) is 2.21. The Morgan fingerprint density at radius 3 is 1.88 bits per heavy atom. The van der Waals surface area contributed by atoms with Gasteiger partial charge < -0.3 is 10.6 Å². The number of carbonyl (C=O) groups excluding carboxylic acids is 2. The van der Waals surface area contributed by atoms with Crippen LogP contribution >= 0.6 is 0 Å². The van der Waals surface area contributed by atoms with Gasteiger partial charge in [0, 0.05) is 36.4 Å². The van der Waals surface area contributed by atoms with Gasteiger partial charge in [0.05, 0.1) is 11.1 Å². The summed E-state index contributed by atoms with van der Waals surface area (Å²) in [5.41, 5.74) is 2.72. The van der Waals surface area contributed by atoms with Gasteiger partial charge >= 0.3 is 0 Å². The molecule has 0 unspecified atom stereocenters. The van der Waals surface area contributed by atoms with E-state index in [1.807, 2.05) is 27.7 Å². The first kappa shape index (κ1) is 18.6. The molecular formula is C19H24N4O2. The third kappa shape index (κ3) is 5.38. The van der Waals surface area contributed by atoms with Crippen LogP contribution in [0.5, 0.6) is 0 Å². The van der Waals surface area contributed by atoms with Gasteiger partial charge in [-0.3, -0.25) is 19.6 Å². The van der Waals surface area contributed by atoms with Crippen LogP contribution in [0.15, 0.2) is 36.7 Å². The van der Waals surface area contributed by atoms with Crippen LogP contribution in [-0.4, -0.2) is 34.4 Å². The zero-order chi connectivity index (χ0) is 18.4. The van der Waals surface area contributed by atoms with Gasteiger partial charge in [0.25, 0.3) is 11.8 Å². The highest BCUT2D eigenvalue weighted by Gasteiger charge is 2.18. The lowest BCUT2D eigenvalue weighted by molar-refractivity contribution is 0.0896. The van der Waals surface area contributed by atoms with Gasteiger partial charge in [-0.1, -0.05) is 13.8 Å². The van der Waals surface area contributed by atoms with E-state index in [2.05, 4.69) is 20.6 Å². The van der Waals surface area contributed by atoms with Crippen molar-refractivity contribution in [1.29, 1.82) is 0 Å². The first-order valence-corrected chi connectivity index (χ1v) is 8.31. The van der Waals surface area contributed by atoms with Crippen LogP contribution in [0.3, 0.4) is 0 Å². The number of hydrogen-bond donors (Lipinski definition) is 2. The number of aryl methyl sites for hydroxylation is 2. The molecule has 2 aromatic heterocycles. The summed E-state index contributed by atoms with van der Waals surface area (Å²) in [6, 6.07) is 6.88. The molecular weight excluding hydrogens is 316 g/mol. The average molecular weight is 340 g/mol. The van der Waals surface area contributed by atoms with E-state index in [-0.39, 0.29) is 23.8 Å². The molecule has 2 N–H and O–H groups in total. The predicted octanol–water partition coefficient (Wildman–Crippen LogP) is 2.28. The standard InChI is InChI=1S/C19H24N4O2/c1-12(2)17(23-19(25)16-8-6-14(4)21-10-16)11-22-18(24)15-7-5-13(3)20-9-15/h5-10,12,17H,11H2,1-4H3,(H,22,24)(H,23,25)/t17-/m0/s1. The number of pyridine rings is 2. The van der Waals surface area contributed by atoms with Gasteiger partial charge in [-0.2, -0.15) is 0 Å². The molecule has 0 bridgehead atoms. The molecule has 0 aliphatic heterocycles. The molecule has 1 atom stereocenters. The molecule has 6 nitrogen and oxygen atoms in total. The molecule has 2 aromatic rings. The lowest BCUT2D eigenvalue weighted by atomic mass is 10.0. The maximum atomic E-state index is 12.3. The van der Waals surface area contributed by atoms with Gasteiger partial charge in [-0.25, -0.2) is 0 Å². The molecule has 25 heavy (non-hydrogen) atoms. The first-order valence-electron chi connectivity index (χ1n) is 8.31. The van der Waals surface area contributed by atoms with E-state index >= 15 is 0 Å². The molecule has 0 saturated heterocycles. The summed E-state index contributed by atoms with van der Waals surface area (Å²) in [6.07, 6.45) is 3.10. The number of amides is 2. The molecule has 132 valence electrons. The molecule has 6 heteroatoms. The fourth-order valence-corrected chi connectivity index (χ4v) is 2.21. The molecule has 0 aliphatic rings. The Balaban J connectivity index is 1.96. The highest BCUT2D eigenvalue weighted by Crippen LogP contribution is 2.05. The number of nitrogens with zero attached hydrogens (tertiary/aromatic N) is 2. The molecule has 2 heterocycles. The van der Waals surface area contributed by atoms with E-state index in [1.54, 1.807) is 36.7 Å². The van der Waals surface area contributed by atoms with Gasteiger partial charge in [0.2, 0.25) is 0 Å². The van der Waals surface area contributed by atoms with Crippen molar-refractivity contribution in [1.82, 2.24) is 20.6 Å². The van der Waals surface area contributed by atoms with E-state index in [0.717, 1.165) is 11.4 Å². The second kappa shape index (κ2) is 8.37. The second-order valence-corrected chi connectivity index (χ2v) is 6.41.